The van der Waals surface area contributed by atoms with Crippen LogP contribution in [0, 0.1) is 5.92 Å². The Balaban J connectivity index is 1.74. The van der Waals surface area contributed by atoms with Crippen LogP contribution in [-0.2, 0) is 0 Å². The number of methoxy groups -OCH3 is 1. The minimum atomic E-state index is -0.115. The van der Waals surface area contributed by atoms with Crippen molar-refractivity contribution in [2.45, 2.75) is 12.8 Å². The van der Waals surface area contributed by atoms with Crippen molar-refractivity contribution in [1.29, 1.82) is 0 Å². The van der Waals surface area contributed by atoms with E-state index in [2.05, 4.69) is 5.32 Å². The van der Waals surface area contributed by atoms with Crippen LogP contribution < -0.4 is 10.1 Å². The molecule has 0 aliphatic carbocycles. The maximum Gasteiger partial charge on any atom is 0.321 e. The molecule has 1 heterocycles. The smallest absolute Gasteiger partial charge is 0.321 e. The molecule has 1 fully saturated rings. The van der Waals surface area contributed by atoms with Crippen LogP contribution in [-0.4, -0.2) is 42.8 Å². The number of rotatable bonds is 4. The number of ether oxygens (including phenoxy) is 1. The topological polar surface area (TPSA) is 61.8 Å². The number of anilines is 1. The Kier molecular flexibility index (Phi) is 5.56. The zero-order valence-corrected chi connectivity index (χ0v) is 14.4. The molecule has 0 aromatic heterocycles. The maximum atomic E-state index is 12.5. The fourth-order valence-corrected chi connectivity index (χ4v) is 3.25. The van der Waals surface area contributed by atoms with Crippen molar-refractivity contribution >= 4 is 11.7 Å². The highest BCUT2D eigenvalue weighted by Gasteiger charge is 2.23. The number of para-hydroxylation sites is 1. The third-order valence-electron chi connectivity index (χ3n) is 4.60. The van der Waals surface area contributed by atoms with Crippen LogP contribution in [0.5, 0.6) is 5.75 Å². The molecule has 2 N–H and O–H groups in total. The van der Waals surface area contributed by atoms with Gasteiger partial charge in [-0.3, -0.25) is 0 Å². The van der Waals surface area contributed by atoms with Gasteiger partial charge in [0, 0.05) is 30.9 Å². The molecule has 132 valence electrons. The standard InChI is InChI=1S/C20H24N2O3/c1-25-19-10-3-2-9-18(19)16-7-4-8-17(12-16)21-20(24)22-11-5-6-15(13-22)14-23/h2-4,7-10,12,15,23H,5-6,11,13-14H2,1H3,(H,21,24). The highest BCUT2D eigenvalue weighted by atomic mass is 16.5. The number of carbonyl (C=O) groups is 1. The van der Waals surface area contributed by atoms with E-state index in [-0.39, 0.29) is 18.6 Å². The molecule has 1 aliphatic heterocycles. The van der Waals surface area contributed by atoms with Gasteiger partial charge in [0.2, 0.25) is 0 Å². The fraction of sp³-hybridized carbons (Fsp3) is 0.350. The summed E-state index contributed by atoms with van der Waals surface area (Å²) in [5.74, 6) is 0.979. The van der Waals surface area contributed by atoms with Gasteiger partial charge in [0.25, 0.3) is 0 Å². The van der Waals surface area contributed by atoms with Crippen LogP contribution in [0.3, 0.4) is 0 Å². The predicted octanol–water partition coefficient (Wildman–Crippen LogP) is 3.60. The van der Waals surface area contributed by atoms with Crippen LogP contribution in [0.25, 0.3) is 11.1 Å². The third kappa shape index (κ3) is 4.12. The Labute approximate surface area is 148 Å². The van der Waals surface area contributed by atoms with Gasteiger partial charge < -0.3 is 20.1 Å². The molecule has 0 spiro atoms. The van der Waals surface area contributed by atoms with E-state index >= 15 is 0 Å². The lowest BCUT2D eigenvalue weighted by atomic mass is 9.99. The molecule has 5 heteroatoms. The Hall–Kier alpha value is -2.53. The molecule has 1 atom stereocenters. The van der Waals surface area contributed by atoms with Crippen LogP contribution >= 0.6 is 0 Å². The molecule has 1 saturated heterocycles. The molecule has 1 aliphatic rings. The minimum absolute atomic E-state index is 0.115. The van der Waals surface area contributed by atoms with E-state index in [0.717, 1.165) is 42.0 Å². The van der Waals surface area contributed by atoms with Crippen molar-refractivity contribution in [1.82, 2.24) is 4.90 Å². The first-order valence-electron chi connectivity index (χ1n) is 8.61. The van der Waals surface area contributed by atoms with Crippen LogP contribution in [0.2, 0.25) is 0 Å². The number of aliphatic hydroxyl groups excluding tert-OH is 1. The summed E-state index contributed by atoms with van der Waals surface area (Å²) in [7, 11) is 1.65. The Bertz CT molecular complexity index is 732. The van der Waals surface area contributed by atoms with Crippen molar-refractivity contribution in [3.8, 4) is 16.9 Å². The molecule has 25 heavy (non-hydrogen) atoms. The summed E-state index contributed by atoms with van der Waals surface area (Å²) >= 11 is 0. The quantitative estimate of drug-likeness (QED) is 0.894. The zero-order valence-electron chi connectivity index (χ0n) is 14.4. The number of nitrogens with one attached hydrogen (secondary N) is 1. The minimum Gasteiger partial charge on any atom is -0.496 e. The molecule has 5 nitrogen and oxygen atoms in total. The van der Waals surface area contributed by atoms with E-state index in [4.69, 9.17) is 4.74 Å². The molecule has 3 rings (SSSR count). The number of nitrogens with zero attached hydrogens (tertiary/aromatic N) is 1. The average Bonchev–Trinajstić information content (AvgIpc) is 2.68. The lowest BCUT2D eigenvalue weighted by Crippen LogP contribution is -2.43. The summed E-state index contributed by atoms with van der Waals surface area (Å²) in [5, 5.41) is 12.3. The van der Waals surface area contributed by atoms with Gasteiger partial charge in [-0.05, 0) is 42.5 Å². The monoisotopic (exact) mass is 340 g/mol. The van der Waals surface area contributed by atoms with Crippen molar-refractivity contribution < 1.29 is 14.6 Å². The summed E-state index contributed by atoms with van der Waals surface area (Å²) in [5.41, 5.74) is 2.72. The van der Waals surface area contributed by atoms with E-state index in [0.29, 0.717) is 6.54 Å². The molecule has 0 radical (unpaired) electrons. The summed E-state index contributed by atoms with van der Waals surface area (Å²) in [6.45, 7) is 1.47. The Morgan fingerprint density at radius 3 is 2.92 bits per heavy atom. The van der Waals surface area contributed by atoms with Gasteiger partial charge in [0.1, 0.15) is 5.75 Å². The van der Waals surface area contributed by atoms with Gasteiger partial charge in [-0.2, -0.15) is 0 Å². The molecule has 2 aromatic rings. The van der Waals surface area contributed by atoms with Gasteiger partial charge in [0.15, 0.2) is 0 Å². The second-order valence-corrected chi connectivity index (χ2v) is 6.35. The van der Waals surface area contributed by atoms with E-state index in [1.807, 2.05) is 48.5 Å². The van der Waals surface area contributed by atoms with Crippen molar-refractivity contribution in [3.05, 3.63) is 48.5 Å². The lowest BCUT2D eigenvalue weighted by Gasteiger charge is -2.31. The average molecular weight is 340 g/mol. The fourth-order valence-electron chi connectivity index (χ4n) is 3.25. The first-order chi connectivity index (χ1) is 12.2. The molecule has 1 unspecified atom stereocenters. The van der Waals surface area contributed by atoms with Crippen molar-refractivity contribution in [2.24, 2.45) is 5.92 Å². The van der Waals surface area contributed by atoms with Gasteiger partial charge in [-0.15, -0.1) is 0 Å². The van der Waals surface area contributed by atoms with Gasteiger partial charge >= 0.3 is 6.03 Å². The number of likely N-dealkylation sites (tertiary alicyclic amines) is 1. The first kappa shape index (κ1) is 17.3. The van der Waals surface area contributed by atoms with Crippen molar-refractivity contribution in [3.63, 3.8) is 0 Å². The van der Waals surface area contributed by atoms with Crippen LogP contribution in [0.1, 0.15) is 12.8 Å². The molecule has 2 aromatic carbocycles. The largest absolute Gasteiger partial charge is 0.496 e. The number of benzene rings is 2. The number of aliphatic hydroxyl groups is 1. The SMILES string of the molecule is COc1ccccc1-c1cccc(NC(=O)N2CCCC(CO)C2)c1. The highest BCUT2D eigenvalue weighted by molar-refractivity contribution is 5.90. The maximum absolute atomic E-state index is 12.5. The summed E-state index contributed by atoms with van der Waals surface area (Å²) in [6.07, 6.45) is 1.91. The number of carbonyl (C=O) groups excluding carboxylic acids is 1. The van der Waals surface area contributed by atoms with Crippen LogP contribution in [0.15, 0.2) is 48.5 Å². The third-order valence-corrected chi connectivity index (χ3v) is 4.60. The highest BCUT2D eigenvalue weighted by Crippen LogP contribution is 2.31. The molecule has 0 bridgehead atoms. The van der Waals surface area contributed by atoms with Gasteiger partial charge in [-0.1, -0.05) is 30.3 Å². The number of piperidine rings is 1. The summed E-state index contributed by atoms with van der Waals surface area (Å²) < 4.78 is 5.42. The summed E-state index contributed by atoms with van der Waals surface area (Å²) in [4.78, 5) is 14.3. The molecular weight excluding hydrogens is 316 g/mol. The second-order valence-electron chi connectivity index (χ2n) is 6.35. The number of hydrogen-bond acceptors (Lipinski definition) is 3. The predicted molar refractivity (Wildman–Crippen MR) is 98.8 cm³/mol. The summed E-state index contributed by atoms with van der Waals surface area (Å²) in [6, 6.07) is 15.4. The van der Waals surface area contributed by atoms with Crippen LogP contribution in [0.4, 0.5) is 10.5 Å². The number of urea groups is 1. The zero-order chi connectivity index (χ0) is 17.6. The molecular formula is C20H24N2O3. The first-order valence-corrected chi connectivity index (χ1v) is 8.61. The lowest BCUT2D eigenvalue weighted by molar-refractivity contribution is 0.136. The van der Waals surface area contributed by atoms with E-state index in [9.17, 15) is 9.90 Å². The normalized spacial score (nSPS) is 17.2. The Morgan fingerprint density at radius 1 is 1.28 bits per heavy atom. The molecule has 2 amide bonds. The Morgan fingerprint density at radius 2 is 2.12 bits per heavy atom. The van der Waals surface area contributed by atoms with Gasteiger partial charge in [-0.25, -0.2) is 4.79 Å². The second kappa shape index (κ2) is 8.03. The van der Waals surface area contributed by atoms with E-state index in [1.54, 1.807) is 12.0 Å². The van der Waals surface area contributed by atoms with E-state index < -0.39 is 0 Å². The molecule has 0 saturated carbocycles. The van der Waals surface area contributed by atoms with E-state index in [1.165, 1.54) is 0 Å². The number of hydrogen-bond donors (Lipinski definition) is 2. The van der Waals surface area contributed by atoms with Gasteiger partial charge in [0.05, 0.1) is 7.11 Å². The van der Waals surface area contributed by atoms with Crippen molar-refractivity contribution in [2.75, 3.05) is 32.1 Å². The number of amides is 2.